The maximum Gasteiger partial charge on any atom is 0.163 e. The summed E-state index contributed by atoms with van der Waals surface area (Å²) in [7, 11) is 0. The molecule has 1 aromatic heterocycles. The third-order valence-electron chi connectivity index (χ3n) is 5.50. The molecule has 2 aliphatic rings. The number of fused-ring (bicyclic) bond motifs is 1. The maximum absolute atomic E-state index is 8.87. The average Bonchev–Trinajstić information content (AvgIpc) is 2.69. The number of benzene rings is 1. The lowest BCUT2D eigenvalue weighted by molar-refractivity contribution is 0.0700. The summed E-state index contributed by atoms with van der Waals surface area (Å²) in [4.78, 5) is 5.01. The van der Waals surface area contributed by atoms with Crippen molar-refractivity contribution in [1.29, 1.82) is 5.26 Å². The van der Waals surface area contributed by atoms with E-state index in [0.717, 1.165) is 25.5 Å². The van der Waals surface area contributed by atoms with E-state index in [-0.39, 0.29) is 0 Å². The molecule has 128 valence electrons. The molecule has 2 atom stereocenters. The highest BCUT2D eigenvalue weighted by Gasteiger charge is 2.36. The summed E-state index contributed by atoms with van der Waals surface area (Å²) in [6, 6.07) is 17.2. The number of piperidine rings is 2. The normalized spacial score (nSPS) is 23.7. The maximum atomic E-state index is 8.87. The molecule has 4 rings (SSSR count). The Kier molecular flexibility index (Phi) is 4.62. The van der Waals surface area contributed by atoms with Crippen molar-refractivity contribution in [3.8, 4) is 6.07 Å². The molecular formula is C20H23N5. The SMILES string of the molecule is N#Cc1ccc(N2CCC3C(CCCN3Cc3ccccc3)C2)nn1. The van der Waals surface area contributed by atoms with E-state index in [2.05, 4.69) is 50.3 Å². The lowest BCUT2D eigenvalue weighted by Gasteiger charge is -2.47. The largest absolute Gasteiger partial charge is 0.355 e. The molecule has 5 heteroatoms. The van der Waals surface area contributed by atoms with Crippen LogP contribution >= 0.6 is 0 Å². The molecule has 0 aliphatic carbocycles. The first-order valence-electron chi connectivity index (χ1n) is 9.10. The van der Waals surface area contributed by atoms with Crippen LogP contribution in [0.25, 0.3) is 0 Å². The third kappa shape index (κ3) is 3.49. The highest BCUT2D eigenvalue weighted by Crippen LogP contribution is 2.33. The molecule has 25 heavy (non-hydrogen) atoms. The molecule has 2 aliphatic heterocycles. The fraction of sp³-hybridized carbons (Fsp3) is 0.450. The van der Waals surface area contributed by atoms with Gasteiger partial charge in [-0.3, -0.25) is 4.90 Å². The van der Waals surface area contributed by atoms with Gasteiger partial charge >= 0.3 is 0 Å². The van der Waals surface area contributed by atoms with E-state index in [1.807, 2.05) is 12.1 Å². The lowest BCUT2D eigenvalue weighted by Crippen LogP contribution is -2.53. The molecule has 2 fully saturated rings. The number of hydrogen-bond acceptors (Lipinski definition) is 5. The summed E-state index contributed by atoms with van der Waals surface area (Å²) in [6.07, 6.45) is 3.72. The van der Waals surface area contributed by atoms with E-state index >= 15 is 0 Å². The minimum absolute atomic E-state index is 0.380. The molecule has 0 spiro atoms. The Bertz CT molecular complexity index is 737. The molecule has 1 aromatic carbocycles. The van der Waals surface area contributed by atoms with Crippen LogP contribution in [-0.4, -0.2) is 40.8 Å². The number of nitriles is 1. The Labute approximate surface area is 148 Å². The van der Waals surface area contributed by atoms with Gasteiger partial charge in [0.2, 0.25) is 0 Å². The average molecular weight is 333 g/mol. The molecule has 2 saturated heterocycles. The Morgan fingerprint density at radius 3 is 2.68 bits per heavy atom. The lowest BCUT2D eigenvalue weighted by atomic mass is 9.83. The molecule has 2 unspecified atom stereocenters. The Morgan fingerprint density at radius 2 is 1.92 bits per heavy atom. The smallest absolute Gasteiger partial charge is 0.163 e. The van der Waals surface area contributed by atoms with Crippen LogP contribution in [0.2, 0.25) is 0 Å². The van der Waals surface area contributed by atoms with E-state index < -0.39 is 0 Å². The number of nitrogens with zero attached hydrogens (tertiary/aromatic N) is 5. The predicted molar refractivity (Wildman–Crippen MR) is 96.9 cm³/mol. The number of hydrogen-bond donors (Lipinski definition) is 0. The van der Waals surface area contributed by atoms with Gasteiger partial charge in [-0.2, -0.15) is 5.26 Å². The molecule has 0 N–H and O–H groups in total. The zero-order valence-corrected chi connectivity index (χ0v) is 14.4. The summed E-state index contributed by atoms with van der Waals surface area (Å²) in [5.74, 6) is 1.58. The minimum atomic E-state index is 0.380. The second-order valence-corrected chi connectivity index (χ2v) is 7.05. The van der Waals surface area contributed by atoms with Gasteiger partial charge in [0.1, 0.15) is 6.07 Å². The fourth-order valence-corrected chi connectivity index (χ4v) is 4.28. The van der Waals surface area contributed by atoms with Gasteiger partial charge in [0.15, 0.2) is 11.5 Å². The number of aromatic nitrogens is 2. The van der Waals surface area contributed by atoms with Crippen LogP contribution in [0.3, 0.4) is 0 Å². The standard InChI is InChI=1S/C20H23N5/c21-13-18-8-9-20(23-22-18)25-12-10-19-17(15-25)7-4-11-24(19)14-16-5-2-1-3-6-16/h1-3,5-6,8-9,17,19H,4,7,10-12,14-15H2. The number of anilines is 1. The van der Waals surface area contributed by atoms with Gasteiger partial charge < -0.3 is 4.90 Å². The van der Waals surface area contributed by atoms with E-state index in [1.165, 1.54) is 31.4 Å². The molecule has 0 bridgehead atoms. The van der Waals surface area contributed by atoms with Gasteiger partial charge in [0.05, 0.1) is 0 Å². The molecule has 0 amide bonds. The minimum Gasteiger partial charge on any atom is -0.355 e. The van der Waals surface area contributed by atoms with Gasteiger partial charge in [-0.05, 0) is 49.4 Å². The van der Waals surface area contributed by atoms with Crippen molar-refractivity contribution >= 4 is 5.82 Å². The molecule has 3 heterocycles. The van der Waals surface area contributed by atoms with Gasteiger partial charge in [-0.15, -0.1) is 10.2 Å². The number of likely N-dealkylation sites (tertiary alicyclic amines) is 1. The highest BCUT2D eigenvalue weighted by atomic mass is 15.3. The summed E-state index contributed by atoms with van der Waals surface area (Å²) < 4.78 is 0. The summed E-state index contributed by atoms with van der Waals surface area (Å²) >= 11 is 0. The van der Waals surface area contributed by atoms with Crippen LogP contribution in [0.5, 0.6) is 0 Å². The van der Waals surface area contributed by atoms with Crippen molar-refractivity contribution in [1.82, 2.24) is 15.1 Å². The molecule has 2 aromatic rings. The van der Waals surface area contributed by atoms with E-state index in [0.29, 0.717) is 17.7 Å². The van der Waals surface area contributed by atoms with Crippen LogP contribution in [-0.2, 0) is 6.54 Å². The molecule has 0 radical (unpaired) electrons. The molecule has 5 nitrogen and oxygen atoms in total. The van der Waals surface area contributed by atoms with Crippen molar-refractivity contribution in [3.05, 3.63) is 53.7 Å². The first-order valence-corrected chi connectivity index (χ1v) is 9.10. The van der Waals surface area contributed by atoms with Crippen molar-refractivity contribution in [3.63, 3.8) is 0 Å². The van der Waals surface area contributed by atoms with E-state index in [9.17, 15) is 0 Å². The quantitative estimate of drug-likeness (QED) is 0.864. The van der Waals surface area contributed by atoms with Gasteiger partial charge in [0.25, 0.3) is 0 Å². The van der Waals surface area contributed by atoms with E-state index in [1.54, 1.807) is 6.07 Å². The van der Waals surface area contributed by atoms with Gasteiger partial charge in [0, 0.05) is 25.7 Å². The highest BCUT2D eigenvalue weighted by molar-refractivity contribution is 5.39. The second-order valence-electron chi connectivity index (χ2n) is 7.05. The first-order chi connectivity index (χ1) is 12.3. The fourth-order valence-electron chi connectivity index (χ4n) is 4.28. The zero-order chi connectivity index (χ0) is 17.1. The molecule has 0 saturated carbocycles. The van der Waals surface area contributed by atoms with Gasteiger partial charge in [-0.25, -0.2) is 0 Å². The summed E-state index contributed by atoms with van der Waals surface area (Å²) in [5.41, 5.74) is 1.79. The summed E-state index contributed by atoms with van der Waals surface area (Å²) in [5, 5.41) is 17.1. The van der Waals surface area contributed by atoms with Crippen molar-refractivity contribution in [2.75, 3.05) is 24.5 Å². The summed E-state index contributed by atoms with van der Waals surface area (Å²) in [6.45, 7) is 4.30. The zero-order valence-electron chi connectivity index (χ0n) is 14.4. The van der Waals surface area contributed by atoms with Crippen LogP contribution < -0.4 is 4.90 Å². The molecular weight excluding hydrogens is 310 g/mol. The Balaban J connectivity index is 1.44. The number of rotatable bonds is 3. The first kappa shape index (κ1) is 16.0. The van der Waals surface area contributed by atoms with Crippen LogP contribution in [0, 0.1) is 17.2 Å². The van der Waals surface area contributed by atoms with Crippen molar-refractivity contribution < 1.29 is 0 Å². The third-order valence-corrected chi connectivity index (χ3v) is 5.50. The van der Waals surface area contributed by atoms with Crippen LogP contribution in [0.1, 0.15) is 30.5 Å². The van der Waals surface area contributed by atoms with Crippen molar-refractivity contribution in [2.45, 2.75) is 31.8 Å². The van der Waals surface area contributed by atoms with Crippen LogP contribution in [0.4, 0.5) is 5.82 Å². The van der Waals surface area contributed by atoms with Gasteiger partial charge in [-0.1, -0.05) is 30.3 Å². The Hall–Kier alpha value is -2.45. The van der Waals surface area contributed by atoms with Crippen molar-refractivity contribution in [2.24, 2.45) is 5.92 Å². The van der Waals surface area contributed by atoms with Crippen LogP contribution in [0.15, 0.2) is 42.5 Å². The predicted octanol–water partition coefficient (Wildman–Crippen LogP) is 2.84. The monoisotopic (exact) mass is 333 g/mol. The van der Waals surface area contributed by atoms with E-state index in [4.69, 9.17) is 5.26 Å². The second kappa shape index (κ2) is 7.20. The topological polar surface area (TPSA) is 56.1 Å². The Morgan fingerprint density at radius 1 is 1.04 bits per heavy atom.